The van der Waals surface area contributed by atoms with Gasteiger partial charge in [-0.15, -0.1) is 0 Å². The standard InChI is InChI=1S/C18H20FNO/c1-12-7-8-15(9-16(12)19)20-11-14-6-4-5-13-10-18(2,3)21-17(13)14/h4-9,20H,10-11H2,1-3H3. The molecule has 2 nitrogen and oxygen atoms in total. The fourth-order valence-corrected chi connectivity index (χ4v) is 2.72. The topological polar surface area (TPSA) is 21.3 Å². The van der Waals surface area contributed by atoms with Crippen molar-refractivity contribution in [2.45, 2.75) is 39.3 Å². The van der Waals surface area contributed by atoms with Crippen LogP contribution in [-0.2, 0) is 13.0 Å². The number of benzene rings is 2. The van der Waals surface area contributed by atoms with Crippen LogP contribution < -0.4 is 10.1 Å². The van der Waals surface area contributed by atoms with Gasteiger partial charge in [0.1, 0.15) is 17.2 Å². The van der Waals surface area contributed by atoms with Crippen LogP contribution in [0.3, 0.4) is 0 Å². The molecule has 1 aliphatic heterocycles. The van der Waals surface area contributed by atoms with Crippen LogP contribution in [0.2, 0.25) is 0 Å². The summed E-state index contributed by atoms with van der Waals surface area (Å²) in [6.07, 6.45) is 0.926. The molecule has 0 bridgehead atoms. The summed E-state index contributed by atoms with van der Waals surface area (Å²) < 4.78 is 19.6. The summed E-state index contributed by atoms with van der Waals surface area (Å²) in [7, 11) is 0. The van der Waals surface area contributed by atoms with Gasteiger partial charge in [0.25, 0.3) is 0 Å². The van der Waals surface area contributed by atoms with Gasteiger partial charge in [-0.05, 0) is 44.0 Å². The molecule has 1 aliphatic rings. The lowest BCUT2D eigenvalue weighted by molar-refractivity contribution is 0.137. The van der Waals surface area contributed by atoms with Gasteiger partial charge in [-0.1, -0.05) is 24.3 Å². The molecule has 2 aromatic carbocycles. The number of hydrogen-bond acceptors (Lipinski definition) is 2. The average molecular weight is 285 g/mol. The van der Waals surface area contributed by atoms with E-state index in [0.717, 1.165) is 23.4 Å². The highest BCUT2D eigenvalue weighted by Crippen LogP contribution is 2.37. The minimum Gasteiger partial charge on any atom is -0.487 e. The highest BCUT2D eigenvalue weighted by Gasteiger charge is 2.31. The second-order valence-corrected chi connectivity index (χ2v) is 6.26. The Bertz CT molecular complexity index is 679. The van der Waals surface area contributed by atoms with Gasteiger partial charge in [0.05, 0.1) is 0 Å². The average Bonchev–Trinajstić information content (AvgIpc) is 2.74. The molecule has 0 spiro atoms. The molecule has 0 aliphatic carbocycles. The third kappa shape index (κ3) is 2.87. The summed E-state index contributed by atoms with van der Waals surface area (Å²) in [5.74, 6) is 0.790. The van der Waals surface area contributed by atoms with E-state index in [9.17, 15) is 4.39 Å². The Morgan fingerprint density at radius 1 is 1.24 bits per heavy atom. The van der Waals surface area contributed by atoms with Crippen molar-refractivity contribution in [3.63, 3.8) is 0 Å². The van der Waals surface area contributed by atoms with E-state index in [4.69, 9.17) is 4.74 Å². The Morgan fingerprint density at radius 3 is 2.81 bits per heavy atom. The summed E-state index contributed by atoms with van der Waals surface area (Å²) in [6.45, 7) is 6.58. The van der Waals surface area contributed by atoms with E-state index in [1.807, 2.05) is 6.07 Å². The van der Waals surface area contributed by atoms with E-state index >= 15 is 0 Å². The normalized spacial score (nSPS) is 15.4. The van der Waals surface area contributed by atoms with Gasteiger partial charge in [0.2, 0.25) is 0 Å². The van der Waals surface area contributed by atoms with Crippen molar-refractivity contribution in [1.29, 1.82) is 0 Å². The quantitative estimate of drug-likeness (QED) is 0.899. The van der Waals surface area contributed by atoms with E-state index in [-0.39, 0.29) is 11.4 Å². The SMILES string of the molecule is Cc1ccc(NCc2cccc3c2OC(C)(C)C3)cc1F. The first kappa shape index (κ1) is 13.9. The summed E-state index contributed by atoms with van der Waals surface area (Å²) in [4.78, 5) is 0. The molecule has 0 saturated heterocycles. The van der Waals surface area contributed by atoms with Crippen LogP contribution in [0.5, 0.6) is 5.75 Å². The number of para-hydroxylation sites is 1. The molecule has 0 aromatic heterocycles. The van der Waals surface area contributed by atoms with Crippen molar-refractivity contribution >= 4 is 5.69 Å². The molecule has 0 unspecified atom stereocenters. The minimum atomic E-state index is -0.185. The van der Waals surface area contributed by atoms with Crippen molar-refractivity contribution in [2.24, 2.45) is 0 Å². The van der Waals surface area contributed by atoms with Crippen molar-refractivity contribution in [3.05, 3.63) is 58.9 Å². The number of ether oxygens (including phenoxy) is 1. The summed E-state index contributed by atoms with van der Waals surface area (Å²) >= 11 is 0. The van der Waals surface area contributed by atoms with Gasteiger partial charge in [-0.25, -0.2) is 4.39 Å². The molecular weight excluding hydrogens is 265 g/mol. The zero-order chi connectivity index (χ0) is 15.0. The first-order valence-corrected chi connectivity index (χ1v) is 7.24. The highest BCUT2D eigenvalue weighted by molar-refractivity contribution is 5.50. The zero-order valence-corrected chi connectivity index (χ0v) is 12.7. The van der Waals surface area contributed by atoms with Crippen molar-refractivity contribution < 1.29 is 9.13 Å². The van der Waals surface area contributed by atoms with E-state index in [1.165, 1.54) is 11.6 Å². The van der Waals surface area contributed by atoms with Crippen LogP contribution >= 0.6 is 0 Å². The van der Waals surface area contributed by atoms with Gasteiger partial charge in [-0.3, -0.25) is 0 Å². The monoisotopic (exact) mass is 285 g/mol. The molecule has 0 fully saturated rings. The number of rotatable bonds is 3. The molecule has 0 atom stereocenters. The van der Waals surface area contributed by atoms with Gasteiger partial charge < -0.3 is 10.1 Å². The van der Waals surface area contributed by atoms with Crippen molar-refractivity contribution in [2.75, 3.05) is 5.32 Å². The number of halogens is 1. The molecule has 1 N–H and O–H groups in total. The maximum Gasteiger partial charge on any atom is 0.128 e. The molecule has 110 valence electrons. The first-order chi connectivity index (χ1) is 9.94. The van der Waals surface area contributed by atoms with E-state index in [0.29, 0.717) is 12.1 Å². The molecule has 0 amide bonds. The van der Waals surface area contributed by atoms with Crippen molar-refractivity contribution in [3.8, 4) is 5.75 Å². The second-order valence-electron chi connectivity index (χ2n) is 6.26. The molecule has 2 aromatic rings. The third-order valence-electron chi connectivity index (χ3n) is 3.83. The smallest absolute Gasteiger partial charge is 0.128 e. The predicted octanol–water partition coefficient (Wildman–Crippen LogP) is 4.46. The number of fused-ring (bicyclic) bond motifs is 1. The largest absolute Gasteiger partial charge is 0.487 e. The summed E-state index contributed by atoms with van der Waals surface area (Å²) in [6, 6.07) is 11.4. The Hall–Kier alpha value is -2.03. The molecule has 0 radical (unpaired) electrons. The van der Waals surface area contributed by atoms with Crippen LogP contribution in [0.15, 0.2) is 36.4 Å². The number of anilines is 1. The maximum atomic E-state index is 13.6. The second kappa shape index (κ2) is 5.06. The lowest BCUT2D eigenvalue weighted by atomic mass is 10.0. The number of aryl methyl sites for hydroxylation is 1. The summed E-state index contributed by atoms with van der Waals surface area (Å²) in [5.41, 5.74) is 3.65. The fraction of sp³-hybridized carbons (Fsp3) is 0.333. The third-order valence-corrected chi connectivity index (χ3v) is 3.83. The number of nitrogens with one attached hydrogen (secondary N) is 1. The Kier molecular flexibility index (Phi) is 3.36. The Labute approximate surface area is 125 Å². The van der Waals surface area contributed by atoms with E-state index < -0.39 is 0 Å². The van der Waals surface area contributed by atoms with Gasteiger partial charge in [0.15, 0.2) is 0 Å². The van der Waals surface area contributed by atoms with Crippen LogP contribution in [0.4, 0.5) is 10.1 Å². The number of hydrogen-bond donors (Lipinski definition) is 1. The van der Waals surface area contributed by atoms with Gasteiger partial charge in [0, 0.05) is 24.2 Å². The van der Waals surface area contributed by atoms with Gasteiger partial charge in [-0.2, -0.15) is 0 Å². The Balaban J connectivity index is 1.78. The zero-order valence-electron chi connectivity index (χ0n) is 12.7. The van der Waals surface area contributed by atoms with Crippen LogP contribution in [0.1, 0.15) is 30.5 Å². The van der Waals surface area contributed by atoms with Gasteiger partial charge >= 0.3 is 0 Å². The van der Waals surface area contributed by atoms with Crippen LogP contribution in [0, 0.1) is 12.7 Å². The first-order valence-electron chi connectivity index (χ1n) is 7.24. The fourth-order valence-electron chi connectivity index (χ4n) is 2.72. The molecule has 1 heterocycles. The summed E-state index contributed by atoms with van der Waals surface area (Å²) in [5, 5.41) is 3.27. The molecule has 21 heavy (non-hydrogen) atoms. The predicted molar refractivity (Wildman–Crippen MR) is 83.3 cm³/mol. The molecule has 3 heteroatoms. The minimum absolute atomic E-state index is 0.144. The highest BCUT2D eigenvalue weighted by atomic mass is 19.1. The molecular formula is C18H20FNO. The van der Waals surface area contributed by atoms with E-state index in [1.54, 1.807) is 13.0 Å². The molecule has 3 rings (SSSR count). The van der Waals surface area contributed by atoms with Crippen LogP contribution in [-0.4, -0.2) is 5.60 Å². The lowest BCUT2D eigenvalue weighted by Gasteiger charge is -2.18. The van der Waals surface area contributed by atoms with Crippen molar-refractivity contribution in [1.82, 2.24) is 0 Å². The van der Waals surface area contributed by atoms with Crippen LogP contribution in [0.25, 0.3) is 0 Å². The van der Waals surface area contributed by atoms with E-state index in [2.05, 4.69) is 37.4 Å². The maximum absolute atomic E-state index is 13.6. The lowest BCUT2D eigenvalue weighted by Crippen LogP contribution is -2.25. The molecule has 0 saturated carbocycles. The Morgan fingerprint density at radius 2 is 2.05 bits per heavy atom.